The van der Waals surface area contributed by atoms with Gasteiger partial charge in [0.25, 0.3) is 0 Å². The fourth-order valence-electron chi connectivity index (χ4n) is 4.72. The lowest BCUT2D eigenvalue weighted by Crippen LogP contribution is -2.29. The highest BCUT2D eigenvalue weighted by Crippen LogP contribution is 2.43. The number of nitrogens with one attached hydrogen (secondary N) is 2. The molecule has 40 heavy (non-hydrogen) atoms. The molecule has 1 saturated heterocycles. The van der Waals surface area contributed by atoms with Gasteiger partial charge in [0.15, 0.2) is 5.11 Å². The molecule has 3 heterocycles. The highest BCUT2D eigenvalue weighted by molar-refractivity contribution is 7.80. The van der Waals surface area contributed by atoms with Crippen molar-refractivity contribution in [3.05, 3.63) is 102 Å². The fourth-order valence-corrected chi connectivity index (χ4v) is 5.07. The summed E-state index contributed by atoms with van der Waals surface area (Å²) >= 11 is 5.84. The van der Waals surface area contributed by atoms with Crippen LogP contribution in [0.5, 0.6) is 0 Å². The first-order valence-corrected chi connectivity index (χ1v) is 13.4. The van der Waals surface area contributed by atoms with Crippen LogP contribution >= 0.6 is 12.2 Å². The molecule has 204 valence electrons. The van der Waals surface area contributed by atoms with Crippen LogP contribution in [-0.4, -0.2) is 29.1 Å². The van der Waals surface area contributed by atoms with Crippen LogP contribution in [0.25, 0.3) is 11.3 Å². The Balaban J connectivity index is 1.54. The number of amides is 1. The van der Waals surface area contributed by atoms with Crippen molar-refractivity contribution in [1.82, 2.24) is 10.3 Å². The van der Waals surface area contributed by atoms with Crippen molar-refractivity contribution in [1.29, 1.82) is 0 Å². The van der Waals surface area contributed by atoms with Gasteiger partial charge in [0.2, 0.25) is 5.91 Å². The maximum atomic E-state index is 12.3. The Labute approximate surface area is 238 Å². The Morgan fingerprint density at radius 1 is 1.07 bits per heavy atom. The molecule has 1 aliphatic heterocycles. The second-order valence-electron chi connectivity index (χ2n) is 9.91. The number of aryl methyl sites for hydroxylation is 1. The van der Waals surface area contributed by atoms with Gasteiger partial charge in [0.1, 0.15) is 17.6 Å². The third kappa shape index (κ3) is 5.33. The topological polar surface area (TPSA) is 96.7 Å². The third-order valence-corrected chi connectivity index (χ3v) is 7.17. The number of esters is 1. The summed E-state index contributed by atoms with van der Waals surface area (Å²) in [5.41, 5.74) is 4.53. The molecular weight excluding hydrogens is 524 g/mol. The number of hydrogen-bond donors (Lipinski definition) is 2. The van der Waals surface area contributed by atoms with Gasteiger partial charge in [-0.05, 0) is 79.3 Å². The van der Waals surface area contributed by atoms with E-state index in [1.807, 2.05) is 80.3 Å². The minimum atomic E-state index is -0.413. The van der Waals surface area contributed by atoms with Crippen LogP contribution in [0.3, 0.4) is 0 Å². The summed E-state index contributed by atoms with van der Waals surface area (Å²) < 4.78 is 11.3. The smallest absolute Gasteiger partial charge is 0.337 e. The third-order valence-electron chi connectivity index (χ3n) is 6.85. The molecule has 4 aromatic rings. The van der Waals surface area contributed by atoms with Crippen molar-refractivity contribution < 1.29 is 18.7 Å². The maximum absolute atomic E-state index is 12.3. The van der Waals surface area contributed by atoms with Gasteiger partial charge in [-0.1, -0.05) is 32.0 Å². The second-order valence-corrected chi connectivity index (χ2v) is 10.3. The van der Waals surface area contributed by atoms with Crippen LogP contribution in [-0.2, 0) is 9.53 Å². The zero-order chi connectivity index (χ0) is 28.4. The molecule has 2 N–H and O–H groups in total. The van der Waals surface area contributed by atoms with Crippen molar-refractivity contribution in [3.63, 3.8) is 0 Å². The van der Waals surface area contributed by atoms with Crippen molar-refractivity contribution in [3.8, 4) is 11.3 Å². The van der Waals surface area contributed by atoms with Gasteiger partial charge >= 0.3 is 5.97 Å². The lowest BCUT2D eigenvalue weighted by atomic mass is 10.0. The van der Waals surface area contributed by atoms with Crippen LogP contribution in [0, 0.1) is 12.8 Å². The number of aromatic nitrogens is 1. The predicted molar refractivity (Wildman–Crippen MR) is 158 cm³/mol. The molecule has 2 aromatic heterocycles. The summed E-state index contributed by atoms with van der Waals surface area (Å²) in [4.78, 5) is 31.0. The first-order chi connectivity index (χ1) is 19.3. The van der Waals surface area contributed by atoms with Gasteiger partial charge in [-0.15, -0.1) is 0 Å². The summed E-state index contributed by atoms with van der Waals surface area (Å²) in [6.45, 7) is 5.68. The number of pyridine rings is 1. The first-order valence-electron chi connectivity index (χ1n) is 13.0. The van der Waals surface area contributed by atoms with E-state index >= 15 is 0 Å². The zero-order valence-electron chi connectivity index (χ0n) is 22.7. The van der Waals surface area contributed by atoms with Gasteiger partial charge in [-0.3, -0.25) is 9.78 Å². The van der Waals surface area contributed by atoms with Crippen LogP contribution in [0.15, 0.2) is 83.4 Å². The van der Waals surface area contributed by atoms with Crippen molar-refractivity contribution in [2.45, 2.75) is 32.9 Å². The quantitative estimate of drug-likeness (QED) is 0.206. The van der Waals surface area contributed by atoms with Crippen LogP contribution in [0.2, 0.25) is 0 Å². The number of furan rings is 1. The Kier molecular flexibility index (Phi) is 7.66. The van der Waals surface area contributed by atoms with Gasteiger partial charge in [0.05, 0.1) is 24.4 Å². The maximum Gasteiger partial charge on any atom is 0.337 e. The lowest BCUT2D eigenvalue weighted by molar-refractivity contribution is -0.118. The van der Waals surface area contributed by atoms with Crippen molar-refractivity contribution in [2.24, 2.45) is 5.92 Å². The van der Waals surface area contributed by atoms with E-state index < -0.39 is 5.97 Å². The van der Waals surface area contributed by atoms with E-state index in [1.54, 1.807) is 24.4 Å². The molecule has 5 rings (SSSR count). The van der Waals surface area contributed by atoms with Crippen LogP contribution in [0.4, 0.5) is 11.4 Å². The number of thiocarbonyl (C=S) groups is 1. The van der Waals surface area contributed by atoms with Crippen molar-refractivity contribution >= 4 is 40.6 Å². The molecule has 1 fully saturated rings. The Bertz CT molecular complexity index is 1570. The van der Waals surface area contributed by atoms with Crippen molar-refractivity contribution in [2.75, 3.05) is 17.3 Å². The summed E-state index contributed by atoms with van der Waals surface area (Å²) in [7, 11) is 1.36. The molecule has 0 radical (unpaired) electrons. The molecule has 2 atom stereocenters. The number of carbonyl (C=O) groups is 2. The number of methoxy groups -OCH3 is 1. The van der Waals surface area contributed by atoms with E-state index in [2.05, 4.69) is 15.6 Å². The normalized spacial score (nSPS) is 16.6. The van der Waals surface area contributed by atoms with E-state index in [-0.39, 0.29) is 23.9 Å². The Morgan fingerprint density at radius 3 is 2.60 bits per heavy atom. The molecular formula is C31H30N4O4S. The van der Waals surface area contributed by atoms with E-state index in [0.717, 1.165) is 28.2 Å². The number of carbonyl (C=O) groups excluding carboxylic acids is 2. The van der Waals surface area contributed by atoms with Gasteiger partial charge in [-0.25, -0.2) is 4.79 Å². The molecule has 0 bridgehead atoms. The molecule has 0 saturated carbocycles. The van der Waals surface area contributed by atoms with Crippen LogP contribution in [0.1, 0.15) is 53.3 Å². The minimum Gasteiger partial charge on any atom is -0.465 e. The monoisotopic (exact) mass is 554 g/mol. The SMILES string of the molecule is COC(=O)c1cccc(-c2ccc(C3C(c4ccccn4)NC(=S)N3c3ccc(NC(=O)C(C)C)c(C)c3)o2)c1. The Hall–Kier alpha value is -4.50. The average molecular weight is 555 g/mol. The van der Waals surface area contributed by atoms with Gasteiger partial charge in [0, 0.05) is 29.1 Å². The fraction of sp³-hybridized carbons (Fsp3) is 0.226. The number of ether oxygens (including phenoxy) is 1. The van der Waals surface area contributed by atoms with Gasteiger partial charge in [-0.2, -0.15) is 0 Å². The first kappa shape index (κ1) is 27.1. The Morgan fingerprint density at radius 2 is 1.90 bits per heavy atom. The van der Waals surface area contributed by atoms with E-state index in [4.69, 9.17) is 21.4 Å². The highest BCUT2D eigenvalue weighted by atomic mass is 32.1. The number of anilines is 2. The van der Waals surface area contributed by atoms with E-state index in [9.17, 15) is 9.59 Å². The summed E-state index contributed by atoms with van der Waals surface area (Å²) in [5.74, 6) is 0.711. The molecule has 8 nitrogen and oxygen atoms in total. The molecule has 0 spiro atoms. The summed E-state index contributed by atoms with van der Waals surface area (Å²) in [6.07, 6.45) is 1.75. The highest BCUT2D eigenvalue weighted by Gasteiger charge is 2.42. The largest absolute Gasteiger partial charge is 0.465 e. The standard InChI is InChI=1S/C31H30N4O4S/c1-18(2)29(36)33-23-12-11-22(16-19(23)3)35-28(27(34-31(35)40)24-10-5-6-15-32-24)26-14-13-25(39-26)20-8-7-9-21(17-20)30(37)38-4/h5-18,27-28H,1-4H3,(H,33,36)(H,34,40). The minimum absolute atomic E-state index is 0.0401. The lowest BCUT2D eigenvalue weighted by Gasteiger charge is -2.27. The van der Waals surface area contributed by atoms with Gasteiger partial charge < -0.3 is 24.7 Å². The molecule has 2 aromatic carbocycles. The number of nitrogens with zero attached hydrogens (tertiary/aromatic N) is 2. The summed E-state index contributed by atoms with van der Waals surface area (Å²) in [5, 5.41) is 6.95. The summed E-state index contributed by atoms with van der Waals surface area (Å²) in [6, 6.07) is 21.9. The predicted octanol–water partition coefficient (Wildman–Crippen LogP) is 6.21. The molecule has 0 aliphatic carbocycles. The molecule has 9 heteroatoms. The molecule has 1 amide bonds. The zero-order valence-corrected chi connectivity index (χ0v) is 23.5. The van der Waals surface area contributed by atoms with E-state index in [1.165, 1.54) is 7.11 Å². The molecule has 1 aliphatic rings. The molecule has 2 unspecified atom stereocenters. The average Bonchev–Trinajstić information content (AvgIpc) is 3.59. The van der Waals surface area contributed by atoms with E-state index in [0.29, 0.717) is 22.2 Å². The number of hydrogen-bond acceptors (Lipinski definition) is 6. The number of benzene rings is 2. The van der Waals surface area contributed by atoms with Crippen LogP contribution < -0.4 is 15.5 Å². The number of rotatable bonds is 7. The second kappa shape index (κ2) is 11.3.